The van der Waals surface area contributed by atoms with Crippen molar-refractivity contribution in [3.8, 4) is 5.69 Å². The highest BCUT2D eigenvalue weighted by Crippen LogP contribution is 2.40. The number of pyridine rings is 1. The van der Waals surface area contributed by atoms with Crippen LogP contribution in [-0.4, -0.2) is 35.7 Å². The third kappa shape index (κ3) is 3.05. The van der Waals surface area contributed by atoms with Crippen LogP contribution in [-0.2, 0) is 12.8 Å². The van der Waals surface area contributed by atoms with E-state index in [1.54, 1.807) is 5.56 Å². The highest BCUT2D eigenvalue weighted by atomic mass is 15.2. The molecule has 0 spiro atoms. The number of aryl methyl sites for hydroxylation is 5. The lowest BCUT2D eigenvalue weighted by Gasteiger charge is -2.30. The van der Waals surface area contributed by atoms with Crippen molar-refractivity contribution in [2.45, 2.75) is 53.4 Å². The number of nitrogens with one attached hydrogen (secondary N) is 1. The van der Waals surface area contributed by atoms with E-state index in [1.165, 1.54) is 64.1 Å². The Bertz CT molecular complexity index is 1060. The fraction of sp³-hybridized carbons (Fsp3) is 0.480. The predicted molar refractivity (Wildman–Crippen MR) is 122 cm³/mol. The van der Waals surface area contributed by atoms with Gasteiger partial charge in [0.25, 0.3) is 0 Å². The second-order valence-electron chi connectivity index (χ2n) is 8.93. The molecule has 2 aliphatic rings. The molecule has 1 aliphatic heterocycles. The number of hydrogen-bond donors (Lipinski definition) is 1. The summed E-state index contributed by atoms with van der Waals surface area (Å²) in [5.74, 6) is 0. The summed E-state index contributed by atoms with van der Waals surface area (Å²) in [6.07, 6.45) is 4.88. The van der Waals surface area contributed by atoms with E-state index in [0.717, 1.165) is 38.3 Å². The Kier molecular flexibility index (Phi) is 4.62. The summed E-state index contributed by atoms with van der Waals surface area (Å²) in [6.45, 7) is 13.1. The lowest BCUT2D eigenvalue weighted by atomic mass is 9.94. The van der Waals surface area contributed by atoms with Crippen LogP contribution < -0.4 is 10.2 Å². The van der Waals surface area contributed by atoms with Crippen molar-refractivity contribution in [2.75, 3.05) is 31.1 Å². The van der Waals surface area contributed by atoms with Gasteiger partial charge >= 0.3 is 0 Å². The summed E-state index contributed by atoms with van der Waals surface area (Å²) < 4.78 is 2.52. The van der Waals surface area contributed by atoms with E-state index in [0.29, 0.717) is 0 Å². The van der Waals surface area contributed by atoms with Gasteiger partial charge in [-0.25, -0.2) is 4.98 Å². The van der Waals surface area contributed by atoms with Crippen molar-refractivity contribution < 1.29 is 0 Å². The molecule has 1 saturated heterocycles. The Morgan fingerprint density at radius 1 is 0.897 bits per heavy atom. The molecular formula is C25H32N4. The number of hydrogen-bond acceptors (Lipinski definition) is 3. The standard InChI is InChI=1S/C25H32N4/c1-16-13-17(2)24(18(3)14-16)29-21-8-6-5-7-20(21)23-22(15-19(4)27-25(23)29)28-11-9-26-10-12-28/h13-15,26H,5-12H2,1-4H3. The normalized spacial score (nSPS) is 17.0. The number of fused-ring (bicyclic) bond motifs is 3. The van der Waals surface area contributed by atoms with Crippen LogP contribution in [0.2, 0.25) is 0 Å². The fourth-order valence-electron chi connectivity index (χ4n) is 5.55. The average molecular weight is 389 g/mol. The van der Waals surface area contributed by atoms with Crippen LogP contribution in [0.5, 0.6) is 0 Å². The zero-order valence-electron chi connectivity index (χ0n) is 18.2. The number of rotatable bonds is 2. The minimum absolute atomic E-state index is 1.06. The van der Waals surface area contributed by atoms with Crippen molar-refractivity contribution in [1.82, 2.24) is 14.9 Å². The van der Waals surface area contributed by atoms with Gasteiger partial charge in [-0.2, -0.15) is 0 Å². The molecule has 0 bridgehead atoms. The number of anilines is 1. The summed E-state index contributed by atoms with van der Waals surface area (Å²) in [5, 5.41) is 4.91. The Labute approximate surface area is 173 Å². The van der Waals surface area contributed by atoms with Gasteiger partial charge in [0.05, 0.1) is 5.69 Å². The van der Waals surface area contributed by atoms with Crippen molar-refractivity contribution in [3.05, 3.63) is 51.8 Å². The number of aromatic nitrogens is 2. The maximum atomic E-state index is 5.14. The van der Waals surface area contributed by atoms with Crippen molar-refractivity contribution in [2.24, 2.45) is 0 Å². The molecule has 0 atom stereocenters. The first kappa shape index (κ1) is 18.7. The van der Waals surface area contributed by atoms with Crippen LogP contribution in [0.1, 0.15) is 46.5 Å². The van der Waals surface area contributed by atoms with E-state index in [9.17, 15) is 0 Å². The minimum atomic E-state index is 1.06. The van der Waals surface area contributed by atoms with Gasteiger partial charge in [-0.3, -0.25) is 4.57 Å². The fourth-order valence-corrected chi connectivity index (χ4v) is 5.55. The highest BCUT2D eigenvalue weighted by molar-refractivity contribution is 5.96. The summed E-state index contributed by atoms with van der Waals surface area (Å²) in [6, 6.07) is 6.95. The molecule has 3 aromatic rings. The second-order valence-corrected chi connectivity index (χ2v) is 8.93. The average Bonchev–Trinajstić information content (AvgIpc) is 3.01. The molecule has 2 aromatic heterocycles. The van der Waals surface area contributed by atoms with Gasteiger partial charge in [0.15, 0.2) is 0 Å². The van der Waals surface area contributed by atoms with E-state index in [-0.39, 0.29) is 0 Å². The van der Waals surface area contributed by atoms with Gasteiger partial charge in [0, 0.05) is 48.6 Å². The monoisotopic (exact) mass is 388 g/mol. The maximum absolute atomic E-state index is 5.14. The van der Waals surface area contributed by atoms with Gasteiger partial charge in [-0.1, -0.05) is 17.7 Å². The first-order valence-corrected chi connectivity index (χ1v) is 11.1. The van der Waals surface area contributed by atoms with Gasteiger partial charge in [-0.15, -0.1) is 0 Å². The summed E-state index contributed by atoms with van der Waals surface area (Å²) in [5.41, 5.74) is 12.1. The Balaban J connectivity index is 1.85. The smallest absolute Gasteiger partial charge is 0.147 e. The van der Waals surface area contributed by atoms with E-state index in [2.05, 4.69) is 60.7 Å². The zero-order chi connectivity index (χ0) is 20.1. The van der Waals surface area contributed by atoms with Crippen LogP contribution in [0.3, 0.4) is 0 Å². The van der Waals surface area contributed by atoms with E-state index in [1.807, 2.05) is 0 Å². The Morgan fingerprint density at radius 2 is 1.59 bits per heavy atom. The van der Waals surface area contributed by atoms with Crippen LogP contribution in [0.4, 0.5) is 5.69 Å². The lowest BCUT2D eigenvalue weighted by Crippen LogP contribution is -2.43. The van der Waals surface area contributed by atoms with Crippen molar-refractivity contribution in [3.63, 3.8) is 0 Å². The number of nitrogens with zero attached hydrogens (tertiary/aromatic N) is 3. The van der Waals surface area contributed by atoms with E-state index < -0.39 is 0 Å². The Morgan fingerprint density at radius 3 is 2.31 bits per heavy atom. The molecule has 1 N–H and O–H groups in total. The molecule has 4 heteroatoms. The topological polar surface area (TPSA) is 33.1 Å². The van der Waals surface area contributed by atoms with Gasteiger partial charge in [-0.05, 0) is 76.1 Å². The largest absolute Gasteiger partial charge is 0.368 e. The molecule has 5 rings (SSSR count). The summed E-state index contributed by atoms with van der Waals surface area (Å²) in [7, 11) is 0. The third-order valence-electron chi connectivity index (χ3n) is 6.65. The van der Waals surface area contributed by atoms with Gasteiger partial charge in [0.1, 0.15) is 5.65 Å². The molecular weight excluding hydrogens is 356 g/mol. The van der Waals surface area contributed by atoms with E-state index in [4.69, 9.17) is 4.98 Å². The first-order valence-electron chi connectivity index (χ1n) is 11.1. The maximum Gasteiger partial charge on any atom is 0.147 e. The minimum Gasteiger partial charge on any atom is -0.368 e. The van der Waals surface area contributed by atoms with Crippen molar-refractivity contribution in [1.29, 1.82) is 0 Å². The molecule has 29 heavy (non-hydrogen) atoms. The molecule has 0 unspecified atom stereocenters. The summed E-state index contributed by atoms with van der Waals surface area (Å²) in [4.78, 5) is 7.71. The van der Waals surface area contributed by atoms with Crippen molar-refractivity contribution >= 4 is 16.7 Å². The number of benzene rings is 1. The van der Waals surface area contributed by atoms with Crippen LogP contribution in [0.25, 0.3) is 16.7 Å². The SMILES string of the molecule is Cc1cc(C)c(-n2c3c(c4c(N5CCNCC5)cc(C)nc42)CCCC3)c(C)c1. The molecule has 0 amide bonds. The predicted octanol–water partition coefficient (Wildman–Crippen LogP) is 4.55. The first-order chi connectivity index (χ1) is 14.0. The van der Waals surface area contributed by atoms with E-state index >= 15 is 0 Å². The second kappa shape index (κ2) is 7.17. The lowest BCUT2D eigenvalue weighted by molar-refractivity contribution is 0.590. The number of piperazine rings is 1. The molecule has 1 aromatic carbocycles. The Hall–Kier alpha value is -2.33. The molecule has 0 saturated carbocycles. The van der Waals surface area contributed by atoms with Gasteiger partial charge < -0.3 is 10.2 Å². The molecule has 4 nitrogen and oxygen atoms in total. The third-order valence-corrected chi connectivity index (χ3v) is 6.65. The molecule has 1 fully saturated rings. The van der Waals surface area contributed by atoms with Crippen LogP contribution in [0.15, 0.2) is 18.2 Å². The molecule has 1 aliphatic carbocycles. The molecule has 0 radical (unpaired) electrons. The van der Waals surface area contributed by atoms with Crippen LogP contribution in [0, 0.1) is 27.7 Å². The molecule has 3 heterocycles. The van der Waals surface area contributed by atoms with Gasteiger partial charge in [0.2, 0.25) is 0 Å². The quantitative estimate of drug-likeness (QED) is 0.699. The molecule has 152 valence electrons. The van der Waals surface area contributed by atoms with Crippen LogP contribution >= 0.6 is 0 Å². The highest BCUT2D eigenvalue weighted by Gasteiger charge is 2.27. The zero-order valence-corrected chi connectivity index (χ0v) is 18.2. The summed E-state index contributed by atoms with van der Waals surface area (Å²) >= 11 is 0.